The maximum absolute atomic E-state index is 12.6. The number of halogens is 1. The molecule has 0 heterocycles. The molecule has 0 spiro atoms. The zero-order valence-electron chi connectivity index (χ0n) is 7.39. The van der Waals surface area contributed by atoms with Gasteiger partial charge in [0, 0.05) is 12.6 Å². The molecule has 0 saturated heterocycles. The van der Waals surface area contributed by atoms with Gasteiger partial charge in [-0.1, -0.05) is 13.8 Å². The summed E-state index contributed by atoms with van der Waals surface area (Å²) in [5.74, 6) is 0.537. The fraction of sp³-hybridized carbons (Fsp3) is 1.00. The van der Waals surface area contributed by atoms with Gasteiger partial charge in [0.25, 0.3) is 0 Å². The van der Waals surface area contributed by atoms with Crippen molar-refractivity contribution in [2.45, 2.75) is 38.9 Å². The van der Waals surface area contributed by atoms with E-state index in [4.69, 9.17) is 11.5 Å². The number of alkyl halides is 1. The molecule has 2 atom stereocenters. The van der Waals surface area contributed by atoms with Crippen molar-refractivity contribution in [3.05, 3.63) is 0 Å². The molecular formula is C8H19FN2. The molecular weight excluding hydrogens is 143 g/mol. The van der Waals surface area contributed by atoms with Crippen molar-refractivity contribution < 1.29 is 4.39 Å². The first-order valence-electron chi connectivity index (χ1n) is 4.16. The number of hydrogen-bond acceptors (Lipinski definition) is 2. The van der Waals surface area contributed by atoms with E-state index in [1.165, 1.54) is 0 Å². The summed E-state index contributed by atoms with van der Waals surface area (Å²) >= 11 is 0. The van der Waals surface area contributed by atoms with Crippen LogP contribution in [0.25, 0.3) is 0 Å². The molecule has 3 heteroatoms. The Hall–Kier alpha value is -0.150. The van der Waals surface area contributed by atoms with E-state index in [9.17, 15) is 4.39 Å². The second-order valence-corrected chi connectivity index (χ2v) is 3.46. The smallest absolute Gasteiger partial charge is 0.114 e. The summed E-state index contributed by atoms with van der Waals surface area (Å²) in [4.78, 5) is 0. The van der Waals surface area contributed by atoms with Crippen LogP contribution in [0.5, 0.6) is 0 Å². The highest BCUT2D eigenvalue weighted by Crippen LogP contribution is 2.08. The van der Waals surface area contributed by atoms with Crippen molar-refractivity contribution in [2.75, 3.05) is 6.54 Å². The van der Waals surface area contributed by atoms with Crippen LogP contribution in [-0.2, 0) is 0 Å². The Balaban J connectivity index is 3.43. The number of hydrogen-bond donors (Lipinski definition) is 2. The third-order valence-electron chi connectivity index (χ3n) is 1.59. The molecule has 0 bridgehead atoms. The van der Waals surface area contributed by atoms with Gasteiger partial charge in [-0.2, -0.15) is 0 Å². The number of nitrogens with two attached hydrogens (primary N) is 2. The average Bonchev–Trinajstić information content (AvgIpc) is 1.85. The van der Waals surface area contributed by atoms with Crippen LogP contribution in [0.4, 0.5) is 4.39 Å². The fourth-order valence-electron chi connectivity index (χ4n) is 1.13. The van der Waals surface area contributed by atoms with E-state index >= 15 is 0 Å². The van der Waals surface area contributed by atoms with Gasteiger partial charge >= 0.3 is 0 Å². The molecule has 0 radical (unpaired) electrons. The van der Waals surface area contributed by atoms with Crippen LogP contribution >= 0.6 is 0 Å². The number of rotatable bonds is 5. The van der Waals surface area contributed by atoms with Gasteiger partial charge < -0.3 is 11.5 Å². The van der Waals surface area contributed by atoms with Gasteiger partial charge in [-0.3, -0.25) is 0 Å². The van der Waals surface area contributed by atoms with Crippen molar-refractivity contribution >= 4 is 0 Å². The van der Waals surface area contributed by atoms with Crippen molar-refractivity contribution in [1.29, 1.82) is 0 Å². The zero-order valence-corrected chi connectivity index (χ0v) is 7.39. The minimum Gasteiger partial charge on any atom is -0.328 e. The van der Waals surface area contributed by atoms with Crippen molar-refractivity contribution in [3.8, 4) is 0 Å². The first kappa shape index (κ1) is 10.8. The van der Waals surface area contributed by atoms with Crippen LogP contribution in [0.15, 0.2) is 0 Å². The van der Waals surface area contributed by atoms with Gasteiger partial charge in [-0.15, -0.1) is 0 Å². The lowest BCUT2D eigenvalue weighted by molar-refractivity contribution is 0.289. The predicted molar refractivity (Wildman–Crippen MR) is 46.0 cm³/mol. The van der Waals surface area contributed by atoms with Crippen LogP contribution in [-0.4, -0.2) is 18.8 Å². The molecule has 0 aromatic heterocycles. The summed E-state index contributed by atoms with van der Waals surface area (Å²) in [5.41, 5.74) is 10.8. The van der Waals surface area contributed by atoms with E-state index < -0.39 is 6.17 Å². The van der Waals surface area contributed by atoms with Crippen LogP contribution in [0.1, 0.15) is 26.7 Å². The molecule has 0 aromatic rings. The Kier molecular flexibility index (Phi) is 5.42. The summed E-state index contributed by atoms with van der Waals surface area (Å²) in [6.07, 6.45) is 0.346. The minimum atomic E-state index is -0.927. The molecule has 2 unspecified atom stereocenters. The van der Waals surface area contributed by atoms with Crippen LogP contribution in [0, 0.1) is 5.92 Å². The second-order valence-electron chi connectivity index (χ2n) is 3.46. The topological polar surface area (TPSA) is 52.0 Å². The third kappa shape index (κ3) is 6.26. The van der Waals surface area contributed by atoms with Gasteiger partial charge in [-0.25, -0.2) is 4.39 Å². The van der Waals surface area contributed by atoms with Gasteiger partial charge in [0.05, 0.1) is 0 Å². The lowest BCUT2D eigenvalue weighted by Crippen LogP contribution is -2.29. The molecule has 4 N–H and O–H groups in total. The summed E-state index contributed by atoms with van der Waals surface area (Å²) < 4.78 is 12.6. The highest BCUT2D eigenvalue weighted by atomic mass is 19.1. The van der Waals surface area contributed by atoms with E-state index in [1.54, 1.807) is 0 Å². The summed E-state index contributed by atoms with van der Waals surface area (Å²) in [6.45, 7) is 4.25. The van der Waals surface area contributed by atoms with E-state index in [0.717, 1.165) is 6.42 Å². The molecule has 0 aliphatic heterocycles. The highest BCUT2D eigenvalue weighted by Gasteiger charge is 2.11. The summed E-state index contributed by atoms with van der Waals surface area (Å²) in [5, 5.41) is 0. The molecule has 0 aliphatic carbocycles. The van der Waals surface area contributed by atoms with Gasteiger partial charge in [0.1, 0.15) is 6.17 Å². The Labute approximate surface area is 68.1 Å². The maximum atomic E-state index is 12.6. The standard InChI is InChI=1S/C8H19FN2/c1-6(2)3-8(11)4-7(9)5-10/h6-8H,3-5,10-11H2,1-2H3. The SMILES string of the molecule is CC(C)CC(N)CC(F)CN. The quantitative estimate of drug-likeness (QED) is 0.634. The van der Waals surface area contributed by atoms with Gasteiger partial charge in [-0.05, 0) is 18.8 Å². The van der Waals surface area contributed by atoms with E-state index in [0.29, 0.717) is 12.3 Å². The lowest BCUT2D eigenvalue weighted by atomic mass is 10.00. The van der Waals surface area contributed by atoms with Crippen molar-refractivity contribution in [1.82, 2.24) is 0 Å². The molecule has 0 amide bonds. The van der Waals surface area contributed by atoms with Crippen molar-refractivity contribution in [2.24, 2.45) is 17.4 Å². The Morgan fingerprint density at radius 2 is 1.82 bits per heavy atom. The first-order valence-corrected chi connectivity index (χ1v) is 4.16. The molecule has 2 nitrogen and oxygen atoms in total. The maximum Gasteiger partial charge on any atom is 0.114 e. The van der Waals surface area contributed by atoms with E-state index in [1.807, 2.05) is 0 Å². The average molecular weight is 162 g/mol. The van der Waals surface area contributed by atoms with E-state index in [-0.39, 0.29) is 12.6 Å². The molecule has 0 aliphatic rings. The minimum absolute atomic E-state index is 0.0338. The van der Waals surface area contributed by atoms with Crippen LogP contribution in [0.3, 0.4) is 0 Å². The Morgan fingerprint density at radius 1 is 1.27 bits per heavy atom. The van der Waals surface area contributed by atoms with Crippen LogP contribution < -0.4 is 11.5 Å². The van der Waals surface area contributed by atoms with Crippen LogP contribution in [0.2, 0.25) is 0 Å². The van der Waals surface area contributed by atoms with Gasteiger partial charge in [0.2, 0.25) is 0 Å². The van der Waals surface area contributed by atoms with E-state index in [2.05, 4.69) is 13.8 Å². The molecule has 0 rings (SSSR count). The molecule has 0 saturated carbocycles. The Bertz CT molecular complexity index is 96.1. The molecule has 0 aromatic carbocycles. The Morgan fingerprint density at radius 3 is 2.18 bits per heavy atom. The normalized spacial score (nSPS) is 16.9. The fourth-order valence-corrected chi connectivity index (χ4v) is 1.13. The predicted octanol–water partition coefficient (Wildman–Crippen LogP) is 1.05. The second kappa shape index (κ2) is 5.49. The molecule has 68 valence electrons. The van der Waals surface area contributed by atoms with Crippen molar-refractivity contribution in [3.63, 3.8) is 0 Å². The third-order valence-corrected chi connectivity index (χ3v) is 1.59. The largest absolute Gasteiger partial charge is 0.328 e. The monoisotopic (exact) mass is 162 g/mol. The zero-order chi connectivity index (χ0) is 8.85. The summed E-state index contributed by atoms with van der Waals surface area (Å²) in [6, 6.07) is -0.0338. The molecule has 0 fully saturated rings. The van der Waals surface area contributed by atoms with Gasteiger partial charge in [0.15, 0.2) is 0 Å². The highest BCUT2D eigenvalue weighted by molar-refractivity contribution is 4.69. The first-order chi connectivity index (χ1) is 5.06. The lowest BCUT2D eigenvalue weighted by Gasteiger charge is -2.15. The summed E-state index contributed by atoms with van der Waals surface area (Å²) in [7, 11) is 0. The molecule has 11 heavy (non-hydrogen) atoms.